The van der Waals surface area contributed by atoms with Crippen LogP contribution in [0.4, 0.5) is 11.4 Å². The zero-order valence-corrected chi connectivity index (χ0v) is 17.8. The number of hydrogen-bond donors (Lipinski definition) is 1. The molecule has 1 amide bonds. The third-order valence-corrected chi connectivity index (χ3v) is 4.73. The molecule has 1 N–H and O–H groups in total. The molecule has 0 aliphatic rings. The Morgan fingerprint density at radius 2 is 1.91 bits per heavy atom. The van der Waals surface area contributed by atoms with Crippen molar-refractivity contribution in [1.29, 1.82) is 0 Å². The number of rotatable bonds is 8. The number of nitrogens with zero attached hydrogens (tertiary/aromatic N) is 2. The predicted molar refractivity (Wildman–Crippen MR) is 114 cm³/mol. The van der Waals surface area contributed by atoms with E-state index in [0.29, 0.717) is 11.5 Å². The number of anilines is 1. The lowest BCUT2D eigenvalue weighted by molar-refractivity contribution is -0.384. The number of benzene rings is 2. The van der Waals surface area contributed by atoms with Crippen molar-refractivity contribution in [2.75, 3.05) is 11.9 Å². The lowest BCUT2D eigenvalue weighted by Gasteiger charge is -2.08. The molecule has 3 aromatic rings. The number of nitro groups is 1. The highest BCUT2D eigenvalue weighted by atomic mass is 35.5. The smallest absolute Gasteiger partial charge is 0.338 e. The second kappa shape index (κ2) is 9.92. The number of carbonyl (C=O) groups is 2. The van der Waals surface area contributed by atoms with Crippen molar-refractivity contribution in [3.05, 3.63) is 80.2 Å². The number of aryl methyl sites for hydroxylation is 2. The zero-order chi connectivity index (χ0) is 23.3. The molecule has 0 atom stereocenters. The van der Waals surface area contributed by atoms with E-state index in [1.54, 1.807) is 19.1 Å². The largest absolute Gasteiger partial charge is 0.489 e. The van der Waals surface area contributed by atoms with E-state index in [-0.39, 0.29) is 28.6 Å². The van der Waals surface area contributed by atoms with Gasteiger partial charge in [-0.3, -0.25) is 14.9 Å². The third kappa shape index (κ3) is 5.61. The normalized spacial score (nSPS) is 10.5. The Bertz CT molecular complexity index is 1140. The summed E-state index contributed by atoms with van der Waals surface area (Å²) < 4.78 is 15.7. The summed E-state index contributed by atoms with van der Waals surface area (Å²) in [7, 11) is 0. The number of ether oxygens (including phenoxy) is 2. The third-order valence-electron chi connectivity index (χ3n) is 4.42. The molecule has 1 aromatic heterocycles. The number of halogens is 1. The van der Waals surface area contributed by atoms with Gasteiger partial charge in [0.1, 0.15) is 23.1 Å². The molecule has 166 valence electrons. The van der Waals surface area contributed by atoms with E-state index in [0.717, 1.165) is 17.3 Å². The topological polar surface area (TPSA) is 134 Å². The van der Waals surface area contributed by atoms with Gasteiger partial charge in [-0.15, -0.1) is 0 Å². The maximum atomic E-state index is 12.2. The average Bonchev–Trinajstić information content (AvgIpc) is 3.09. The molecule has 11 heteroatoms. The van der Waals surface area contributed by atoms with Crippen molar-refractivity contribution in [2.45, 2.75) is 20.5 Å². The van der Waals surface area contributed by atoms with Gasteiger partial charge in [-0.25, -0.2) is 4.79 Å². The van der Waals surface area contributed by atoms with Crippen LogP contribution in [0.2, 0.25) is 5.02 Å². The maximum Gasteiger partial charge on any atom is 0.338 e. The molecule has 0 aliphatic heterocycles. The first kappa shape index (κ1) is 22.8. The summed E-state index contributed by atoms with van der Waals surface area (Å²) in [4.78, 5) is 34.4. The van der Waals surface area contributed by atoms with Gasteiger partial charge in [-0.05, 0) is 50.2 Å². The van der Waals surface area contributed by atoms with Crippen LogP contribution >= 0.6 is 11.6 Å². The molecular formula is C21H18ClN3O7. The van der Waals surface area contributed by atoms with Crippen molar-refractivity contribution in [3.63, 3.8) is 0 Å². The number of aromatic nitrogens is 1. The van der Waals surface area contributed by atoms with Crippen LogP contribution in [0, 0.1) is 24.0 Å². The summed E-state index contributed by atoms with van der Waals surface area (Å²) >= 11 is 5.73. The second-order valence-electron chi connectivity index (χ2n) is 6.66. The molecule has 0 radical (unpaired) electrons. The molecule has 0 saturated heterocycles. The van der Waals surface area contributed by atoms with Crippen LogP contribution in [0.3, 0.4) is 0 Å². The first-order valence-corrected chi connectivity index (χ1v) is 9.68. The predicted octanol–water partition coefficient (Wildman–Crippen LogP) is 4.23. The van der Waals surface area contributed by atoms with Gasteiger partial charge in [0.15, 0.2) is 6.61 Å². The highest BCUT2D eigenvalue weighted by Gasteiger charge is 2.15. The van der Waals surface area contributed by atoms with E-state index in [1.165, 1.54) is 24.3 Å². The molecule has 0 unspecified atom stereocenters. The maximum absolute atomic E-state index is 12.2. The van der Waals surface area contributed by atoms with E-state index < -0.39 is 23.4 Å². The summed E-state index contributed by atoms with van der Waals surface area (Å²) in [6.45, 7) is 3.31. The van der Waals surface area contributed by atoms with E-state index in [2.05, 4.69) is 10.5 Å². The van der Waals surface area contributed by atoms with Gasteiger partial charge in [0.25, 0.3) is 11.6 Å². The number of nitro benzene ring substituents is 1. The molecule has 3 rings (SSSR count). The molecule has 0 fully saturated rings. The molecule has 10 nitrogen and oxygen atoms in total. The SMILES string of the molecule is Cc1noc(C)c1COc1ccc(C(=O)OCC(=O)Nc2ccc(Cl)c([N+](=O)[O-])c2)cc1. The van der Waals surface area contributed by atoms with E-state index >= 15 is 0 Å². The Balaban J connectivity index is 1.51. The second-order valence-corrected chi connectivity index (χ2v) is 7.07. The molecule has 1 heterocycles. The van der Waals surface area contributed by atoms with Crippen LogP contribution in [0.1, 0.15) is 27.4 Å². The summed E-state index contributed by atoms with van der Waals surface area (Å²) in [5.41, 5.74) is 1.63. The van der Waals surface area contributed by atoms with Gasteiger partial charge in [-0.1, -0.05) is 16.8 Å². The fourth-order valence-electron chi connectivity index (χ4n) is 2.69. The first-order valence-electron chi connectivity index (χ1n) is 9.30. The Hall–Kier alpha value is -3.92. The molecule has 32 heavy (non-hydrogen) atoms. The van der Waals surface area contributed by atoms with Crippen molar-refractivity contribution < 1.29 is 28.5 Å². The van der Waals surface area contributed by atoms with Gasteiger partial charge in [-0.2, -0.15) is 0 Å². The minimum atomic E-state index is -0.709. The number of nitrogens with one attached hydrogen (secondary N) is 1. The summed E-state index contributed by atoms with van der Waals surface area (Å²) in [6, 6.07) is 10.0. The van der Waals surface area contributed by atoms with Gasteiger partial charge < -0.3 is 19.3 Å². The van der Waals surface area contributed by atoms with Crippen LogP contribution < -0.4 is 10.1 Å². The Morgan fingerprint density at radius 3 is 2.53 bits per heavy atom. The highest BCUT2D eigenvalue weighted by molar-refractivity contribution is 6.32. The van der Waals surface area contributed by atoms with Gasteiger partial charge in [0.2, 0.25) is 0 Å². The van der Waals surface area contributed by atoms with E-state index in [9.17, 15) is 19.7 Å². The highest BCUT2D eigenvalue weighted by Crippen LogP contribution is 2.27. The Morgan fingerprint density at radius 1 is 1.19 bits per heavy atom. The molecular weight excluding hydrogens is 442 g/mol. The van der Waals surface area contributed by atoms with Crippen molar-refractivity contribution >= 4 is 34.9 Å². The van der Waals surface area contributed by atoms with Crippen LogP contribution in [0.15, 0.2) is 47.0 Å². The molecule has 2 aromatic carbocycles. The van der Waals surface area contributed by atoms with Gasteiger partial charge in [0, 0.05) is 11.8 Å². The van der Waals surface area contributed by atoms with Crippen LogP contribution in [-0.4, -0.2) is 28.6 Å². The molecule has 0 bridgehead atoms. The van der Waals surface area contributed by atoms with E-state index in [1.807, 2.05) is 6.92 Å². The van der Waals surface area contributed by atoms with Crippen LogP contribution in [0.25, 0.3) is 0 Å². The van der Waals surface area contributed by atoms with E-state index in [4.69, 9.17) is 25.6 Å². The number of hydrogen-bond acceptors (Lipinski definition) is 8. The lowest BCUT2D eigenvalue weighted by Crippen LogP contribution is -2.21. The minimum absolute atomic E-state index is 0.0569. The Kier molecular flexibility index (Phi) is 7.06. The standard InChI is InChI=1S/C21H18ClN3O7/c1-12-17(13(2)32-24-12)10-30-16-6-3-14(4-7-16)21(27)31-11-20(26)23-15-5-8-18(22)19(9-15)25(28)29/h3-9H,10-11H2,1-2H3,(H,23,26). The quantitative estimate of drug-likeness (QED) is 0.300. The monoisotopic (exact) mass is 459 g/mol. The van der Waals surface area contributed by atoms with Crippen molar-refractivity contribution in [3.8, 4) is 5.75 Å². The van der Waals surface area contributed by atoms with Crippen molar-refractivity contribution in [1.82, 2.24) is 5.16 Å². The number of esters is 1. The Labute approximate surface area is 187 Å². The van der Waals surface area contributed by atoms with Crippen LogP contribution in [0.5, 0.6) is 5.75 Å². The lowest BCUT2D eigenvalue weighted by atomic mass is 10.2. The van der Waals surface area contributed by atoms with Crippen LogP contribution in [-0.2, 0) is 16.1 Å². The van der Waals surface area contributed by atoms with Gasteiger partial charge in [0.05, 0.1) is 21.7 Å². The summed E-state index contributed by atoms with van der Waals surface area (Å²) in [5, 5.41) is 17.1. The fourth-order valence-corrected chi connectivity index (χ4v) is 2.88. The molecule has 0 aliphatic carbocycles. The molecule has 0 spiro atoms. The first-order chi connectivity index (χ1) is 15.2. The summed E-state index contributed by atoms with van der Waals surface area (Å²) in [6.07, 6.45) is 0. The van der Waals surface area contributed by atoms with Gasteiger partial charge >= 0.3 is 5.97 Å². The number of carbonyl (C=O) groups excluding carboxylic acids is 2. The summed E-state index contributed by atoms with van der Waals surface area (Å²) in [5.74, 6) is -0.160. The fraction of sp³-hybridized carbons (Fsp3) is 0.190. The van der Waals surface area contributed by atoms with Crippen molar-refractivity contribution in [2.24, 2.45) is 0 Å². The minimum Gasteiger partial charge on any atom is -0.489 e. The molecule has 0 saturated carbocycles. The number of amides is 1. The zero-order valence-electron chi connectivity index (χ0n) is 17.1. The average molecular weight is 460 g/mol.